The van der Waals surface area contributed by atoms with Crippen LogP contribution in [0.3, 0.4) is 0 Å². The largest absolute Gasteiger partial charge is 0.330 e. The van der Waals surface area contributed by atoms with Gasteiger partial charge in [-0.05, 0) is 32.2 Å². The third-order valence-corrected chi connectivity index (χ3v) is 3.57. The molecule has 1 N–H and O–H groups in total. The lowest BCUT2D eigenvalue weighted by atomic mass is 9.80. The Bertz CT molecular complexity index is 302. The van der Waals surface area contributed by atoms with Gasteiger partial charge in [-0.3, -0.25) is 0 Å². The van der Waals surface area contributed by atoms with Crippen molar-refractivity contribution in [1.29, 1.82) is 0 Å². The fraction of sp³-hybridized carbons (Fsp3) is 0.750. The van der Waals surface area contributed by atoms with Crippen molar-refractivity contribution in [3.05, 3.63) is 18.2 Å². The van der Waals surface area contributed by atoms with Crippen molar-refractivity contribution in [3.8, 4) is 0 Å². The van der Waals surface area contributed by atoms with E-state index in [1.165, 1.54) is 25.0 Å². The maximum atomic E-state index is 4.26. The maximum Gasteiger partial charge on any atom is 0.0951 e. The van der Waals surface area contributed by atoms with Crippen LogP contribution < -0.4 is 5.32 Å². The van der Waals surface area contributed by atoms with Gasteiger partial charge in [0.15, 0.2) is 0 Å². The molecule has 0 saturated heterocycles. The average molecular weight is 207 g/mol. The van der Waals surface area contributed by atoms with Crippen molar-refractivity contribution in [2.24, 2.45) is 5.92 Å². The molecule has 0 aromatic carbocycles. The summed E-state index contributed by atoms with van der Waals surface area (Å²) >= 11 is 0. The molecule has 1 heterocycles. The third-order valence-electron chi connectivity index (χ3n) is 3.57. The molecule has 1 aromatic rings. The van der Waals surface area contributed by atoms with Gasteiger partial charge in [0.1, 0.15) is 0 Å². The summed E-state index contributed by atoms with van der Waals surface area (Å²) in [5, 5.41) is 3.36. The Balaban J connectivity index is 2.02. The van der Waals surface area contributed by atoms with Crippen molar-refractivity contribution >= 4 is 0 Å². The van der Waals surface area contributed by atoms with E-state index in [0.717, 1.165) is 19.0 Å². The molecule has 1 unspecified atom stereocenters. The molecule has 1 aliphatic rings. The summed E-state index contributed by atoms with van der Waals surface area (Å²) in [5.41, 5.74) is 1.32. The van der Waals surface area contributed by atoms with Gasteiger partial charge in [0.05, 0.1) is 12.0 Å². The van der Waals surface area contributed by atoms with E-state index >= 15 is 0 Å². The molecule has 1 saturated carbocycles. The summed E-state index contributed by atoms with van der Waals surface area (Å²) in [6.45, 7) is 6.41. The summed E-state index contributed by atoms with van der Waals surface area (Å²) in [7, 11) is 0. The van der Waals surface area contributed by atoms with Crippen LogP contribution in [-0.4, -0.2) is 16.1 Å². The van der Waals surface area contributed by atoms with E-state index in [9.17, 15) is 0 Å². The van der Waals surface area contributed by atoms with Gasteiger partial charge in [-0.1, -0.05) is 13.3 Å². The van der Waals surface area contributed by atoms with Crippen LogP contribution in [-0.2, 0) is 6.54 Å². The monoisotopic (exact) mass is 207 g/mol. The quantitative estimate of drug-likeness (QED) is 0.803. The van der Waals surface area contributed by atoms with Crippen molar-refractivity contribution in [1.82, 2.24) is 14.9 Å². The second-order valence-electron chi connectivity index (χ2n) is 4.50. The zero-order valence-corrected chi connectivity index (χ0v) is 9.74. The lowest BCUT2D eigenvalue weighted by Crippen LogP contribution is -2.25. The van der Waals surface area contributed by atoms with Crippen LogP contribution in [0.2, 0.25) is 0 Å². The number of nitrogens with one attached hydrogen (secondary N) is 1. The van der Waals surface area contributed by atoms with Crippen LogP contribution in [0.4, 0.5) is 0 Å². The molecule has 1 aliphatic carbocycles. The first-order valence-electron chi connectivity index (χ1n) is 6.04. The summed E-state index contributed by atoms with van der Waals surface area (Å²) < 4.78 is 2.34. The van der Waals surface area contributed by atoms with E-state index < -0.39 is 0 Å². The zero-order valence-electron chi connectivity index (χ0n) is 9.74. The second-order valence-corrected chi connectivity index (χ2v) is 4.50. The van der Waals surface area contributed by atoms with E-state index in [2.05, 4.69) is 28.7 Å². The standard InChI is InChI=1S/C12H21N3/c1-3-13-7-12-8-14-9-15(12)10(2)11-5-4-6-11/h8-11,13H,3-7H2,1-2H3. The number of hydrogen-bond donors (Lipinski definition) is 1. The fourth-order valence-corrected chi connectivity index (χ4v) is 2.24. The molecule has 15 heavy (non-hydrogen) atoms. The number of imidazole rings is 1. The predicted molar refractivity (Wildman–Crippen MR) is 61.7 cm³/mol. The number of rotatable bonds is 5. The van der Waals surface area contributed by atoms with Gasteiger partial charge in [-0.25, -0.2) is 4.98 Å². The molecule has 3 nitrogen and oxygen atoms in total. The Morgan fingerprint density at radius 1 is 1.60 bits per heavy atom. The molecule has 0 radical (unpaired) electrons. The first kappa shape index (κ1) is 10.7. The minimum atomic E-state index is 0.620. The highest BCUT2D eigenvalue weighted by Gasteiger charge is 2.25. The van der Waals surface area contributed by atoms with Gasteiger partial charge >= 0.3 is 0 Å². The van der Waals surface area contributed by atoms with E-state index in [4.69, 9.17) is 0 Å². The number of aromatic nitrogens is 2. The molecule has 0 spiro atoms. The SMILES string of the molecule is CCNCc1cncn1C(C)C1CCC1. The van der Waals surface area contributed by atoms with Crippen LogP contribution in [0, 0.1) is 5.92 Å². The first-order valence-corrected chi connectivity index (χ1v) is 6.04. The molecule has 0 bridgehead atoms. The van der Waals surface area contributed by atoms with Gasteiger partial charge in [-0.15, -0.1) is 0 Å². The fourth-order valence-electron chi connectivity index (χ4n) is 2.24. The molecule has 0 amide bonds. The molecule has 2 rings (SSSR count). The molecule has 1 aromatic heterocycles. The lowest BCUT2D eigenvalue weighted by molar-refractivity contribution is 0.219. The van der Waals surface area contributed by atoms with Crippen molar-refractivity contribution < 1.29 is 0 Å². The number of hydrogen-bond acceptors (Lipinski definition) is 2. The van der Waals surface area contributed by atoms with Gasteiger partial charge in [-0.2, -0.15) is 0 Å². The average Bonchev–Trinajstić information content (AvgIpc) is 2.59. The Labute approximate surface area is 91.9 Å². The van der Waals surface area contributed by atoms with E-state index in [1.54, 1.807) is 0 Å². The van der Waals surface area contributed by atoms with Gasteiger partial charge < -0.3 is 9.88 Å². The van der Waals surface area contributed by atoms with Crippen LogP contribution in [0.5, 0.6) is 0 Å². The topological polar surface area (TPSA) is 29.9 Å². The zero-order chi connectivity index (χ0) is 10.7. The summed E-state index contributed by atoms with van der Waals surface area (Å²) in [5.74, 6) is 0.875. The third kappa shape index (κ3) is 2.23. The molecule has 3 heteroatoms. The van der Waals surface area contributed by atoms with Crippen molar-refractivity contribution in [2.75, 3.05) is 6.54 Å². The summed E-state index contributed by atoms with van der Waals surface area (Å²) in [6.07, 6.45) is 8.15. The molecule has 0 aliphatic heterocycles. The Morgan fingerprint density at radius 2 is 2.40 bits per heavy atom. The molecular weight excluding hydrogens is 186 g/mol. The van der Waals surface area contributed by atoms with Gasteiger partial charge in [0, 0.05) is 18.8 Å². The Morgan fingerprint density at radius 3 is 3.00 bits per heavy atom. The number of nitrogens with zero attached hydrogens (tertiary/aromatic N) is 2. The minimum Gasteiger partial charge on any atom is -0.330 e. The van der Waals surface area contributed by atoms with Crippen LogP contribution in [0.25, 0.3) is 0 Å². The molecule has 1 atom stereocenters. The Hall–Kier alpha value is -0.830. The van der Waals surface area contributed by atoms with Gasteiger partial charge in [0.25, 0.3) is 0 Å². The predicted octanol–water partition coefficient (Wildman–Crippen LogP) is 2.35. The minimum absolute atomic E-state index is 0.620. The van der Waals surface area contributed by atoms with E-state index in [0.29, 0.717) is 6.04 Å². The normalized spacial score (nSPS) is 18.8. The smallest absolute Gasteiger partial charge is 0.0951 e. The van der Waals surface area contributed by atoms with Gasteiger partial charge in [0.2, 0.25) is 0 Å². The van der Waals surface area contributed by atoms with Crippen molar-refractivity contribution in [2.45, 2.75) is 45.7 Å². The highest BCUT2D eigenvalue weighted by Crippen LogP contribution is 2.36. The highest BCUT2D eigenvalue weighted by atomic mass is 15.1. The second kappa shape index (κ2) is 4.79. The molecule has 1 fully saturated rings. The van der Waals surface area contributed by atoms with Crippen LogP contribution in [0.1, 0.15) is 44.8 Å². The van der Waals surface area contributed by atoms with E-state index in [1.807, 2.05) is 12.5 Å². The maximum absolute atomic E-state index is 4.26. The molecular formula is C12H21N3. The van der Waals surface area contributed by atoms with Crippen LogP contribution in [0.15, 0.2) is 12.5 Å². The highest BCUT2D eigenvalue weighted by molar-refractivity contribution is 5.01. The lowest BCUT2D eigenvalue weighted by Gasteiger charge is -2.33. The Kier molecular flexibility index (Phi) is 3.41. The van der Waals surface area contributed by atoms with Crippen molar-refractivity contribution in [3.63, 3.8) is 0 Å². The first-order chi connectivity index (χ1) is 7.33. The van der Waals surface area contributed by atoms with E-state index in [-0.39, 0.29) is 0 Å². The van der Waals surface area contributed by atoms with Crippen LogP contribution >= 0.6 is 0 Å². The molecule has 84 valence electrons. The summed E-state index contributed by atoms with van der Waals surface area (Å²) in [6, 6.07) is 0.620. The summed E-state index contributed by atoms with van der Waals surface area (Å²) in [4.78, 5) is 4.26.